The second-order valence-corrected chi connectivity index (χ2v) is 14.3. The molecule has 3 aromatic rings. The number of nitrogens with one attached hydrogen (secondary N) is 2. The van der Waals surface area contributed by atoms with E-state index in [9.17, 15) is 24.9 Å². The summed E-state index contributed by atoms with van der Waals surface area (Å²) < 4.78 is 5.96. The van der Waals surface area contributed by atoms with E-state index < -0.39 is 35.4 Å². The second kappa shape index (κ2) is 17.4. The number of nitrogens with zero attached hydrogens (tertiary/aromatic N) is 1. The van der Waals surface area contributed by atoms with E-state index in [1.165, 1.54) is 17.3 Å². The number of aliphatic hydroxyl groups is 3. The molecule has 0 aliphatic carbocycles. The Morgan fingerprint density at radius 1 is 0.917 bits per heavy atom. The lowest BCUT2D eigenvalue weighted by molar-refractivity contribution is -0.200. The smallest absolute Gasteiger partial charge is 0.245 e. The van der Waals surface area contributed by atoms with Gasteiger partial charge >= 0.3 is 0 Å². The third-order valence-corrected chi connectivity index (χ3v) is 9.74. The predicted octanol–water partition coefficient (Wildman–Crippen LogP) is 3.89. The van der Waals surface area contributed by atoms with E-state index in [-0.39, 0.29) is 11.8 Å². The number of rotatable bonds is 15. The second-order valence-electron chi connectivity index (χ2n) is 13.3. The number of amides is 2. The molecule has 0 bridgehead atoms. The number of carbonyl (C=O) groups excluding carboxylic acids is 2. The summed E-state index contributed by atoms with van der Waals surface area (Å²) in [6, 6.07) is 24.4. The van der Waals surface area contributed by atoms with Crippen molar-refractivity contribution >= 4 is 23.6 Å². The van der Waals surface area contributed by atoms with Crippen molar-refractivity contribution in [3.8, 4) is 0 Å². The van der Waals surface area contributed by atoms with Crippen molar-refractivity contribution in [2.24, 2.45) is 0 Å². The number of thioether (sulfide) groups is 1. The van der Waals surface area contributed by atoms with Crippen LogP contribution in [0, 0.1) is 6.92 Å². The Labute approximate surface area is 289 Å². The molecule has 5 N–H and O–H groups in total. The fourth-order valence-corrected chi connectivity index (χ4v) is 6.57. The molecule has 0 spiro atoms. The van der Waals surface area contributed by atoms with Crippen LogP contribution in [0.25, 0.3) is 0 Å². The molecule has 1 fully saturated rings. The summed E-state index contributed by atoms with van der Waals surface area (Å²) in [4.78, 5) is 27.7. The van der Waals surface area contributed by atoms with Gasteiger partial charge in [0.1, 0.15) is 35.4 Å². The first-order valence-corrected chi connectivity index (χ1v) is 17.9. The summed E-state index contributed by atoms with van der Waals surface area (Å²) in [6.07, 6.45) is -0.209. The van der Waals surface area contributed by atoms with Gasteiger partial charge in [0.25, 0.3) is 0 Å². The molecule has 5 atom stereocenters. The minimum absolute atomic E-state index is 0.152. The minimum Gasteiger partial charge on any atom is -0.387 e. The number of aryl methyl sites for hydroxylation is 2. The molecule has 10 heteroatoms. The van der Waals surface area contributed by atoms with Crippen molar-refractivity contribution in [3.05, 3.63) is 106 Å². The van der Waals surface area contributed by atoms with Crippen molar-refractivity contribution in [1.29, 1.82) is 0 Å². The van der Waals surface area contributed by atoms with E-state index in [0.717, 1.165) is 40.8 Å². The number of likely N-dealkylation sites (N-methyl/N-ethyl adjacent to an activating group) is 1. The maximum absolute atomic E-state index is 12.8. The van der Waals surface area contributed by atoms with Gasteiger partial charge in [-0.3, -0.25) is 9.59 Å². The lowest BCUT2D eigenvalue weighted by Crippen LogP contribution is -2.55. The quantitative estimate of drug-likeness (QED) is 0.164. The summed E-state index contributed by atoms with van der Waals surface area (Å²) >= 11 is 1.30. The zero-order chi connectivity index (χ0) is 34.8. The molecule has 1 heterocycles. The molecule has 260 valence electrons. The Hall–Kier alpha value is -3.25. The molecule has 9 nitrogen and oxygen atoms in total. The van der Waals surface area contributed by atoms with Gasteiger partial charge in [-0.05, 0) is 86.7 Å². The fourth-order valence-electron chi connectivity index (χ4n) is 5.90. The van der Waals surface area contributed by atoms with Crippen LogP contribution in [0.15, 0.2) is 72.8 Å². The van der Waals surface area contributed by atoms with Crippen LogP contribution in [0.5, 0.6) is 0 Å². The summed E-state index contributed by atoms with van der Waals surface area (Å²) in [6.45, 7) is 7.48. The maximum atomic E-state index is 12.8. The van der Waals surface area contributed by atoms with E-state index in [4.69, 9.17) is 4.74 Å². The lowest BCUT2D eigenvalue weighted by Gasteiger charge is -2.40. The van der Waals surface area contributed by atoms with Gasteiger partial charge in [-0.1, -0.05) is 72.8 Å². The zero-order valence-corrected chi connectivity index (χ0v) is 29.5. The van der Waals surface area contributed by atoms with E-state index in [1.54, 1.807) is 20.1 Å². The Kier molecular flexibility index (Phi) is 13.6. The van der Waals surface area contributed by atoms with Crippen LogP contribution >= 0.6 is 11.8 Å². The highest BCUT2D eigenvalue weighted by atomic mass is 32.2. The Balaban J connectivity index is 1.21. The Bertz CT molecular complexity index is 1480. The molecule has 0 radical (unpaired) electrons. The topological polar surface area (TPSA) is 131 Å². The number of ether oxygens (including phenoxy) is 1. The van der Waals surface area contributed by atoms with Crippen molar-refractivity contribution in [3.63, 3.8) is 0 Å². The molecule has 4 rings (SSSR count). The van der Waals surface area contributed by atoms with Crippen LogP contribution in [0.1, 0.15) is 66.2 Å². The monoisotopic (exact) mass is 677 g/mol. The zero-order valence-electron chi connectivity index (χ0n) is 28.7. The number of aliphatic hydroxyl groups excluding tert-OH is 3. The summed E-state index contributed by atoms with van der Waals surface area (Å²) in [5, 5.41) is 37.1. The van der Waals surface area contributed by atoms with Gasteiger partial charge in [-0.25, -0.2) is 0 Å². The van der Waals surface area contributed by atoms with Crippen LogP contribution in [0.4, 0.5) is 0 Å². The minimum atomic E-state index is -1.29. The van der Waals surface area contributed by atoms with Gasteiger partial charge < -0.3 is 35.6 Å². The molecule has 0 unspecified atom stereocenters. The Morgan fingerprint density at radius 3 is 2.29 bits per heavy atom. The normalized spacial score (nSPS) is 21.2. The van der Waals surface area contributed by atoms with Crippen LogP contribution in [0.2, 0.25) is 0 Å². The SMILES string of the molecule is CS[C@H]1O[C@@H](c2ccc(C)c(Cc3ccc(CCCC(=O)NC(C)(C)C(=O)NCCN(C)Cc4ccccc4)cc3)c2)[C@H](O)[C@@H](O)[C@@H]1O. The first kappa shape index (κ1) is 37.6. The highest BCUT2D eigenvalue weighted by Gasteiger charge is 2.44. The molecule has 0 aromatic heterocycles. The average molecular weight is 678 g/mol. The van der Waals surface area contributed by atoms with Gasteiger partial charge in [0, 0.05) is 26.1 Å². The lowest BCUT2D eigenvalue weighted by atomic mass is 9.91. The largest absolute Gasteiger partial charge is 0.387 e. The maximum Gasteiger partial charge on any atom is 0.245 e. The number of hydrogen-bond donors (Lipinski definition) is 5. The molecule has 1 aliphatic rings. The summed E-state index contributed by atoms with van der Waals surface area (Å²) in [5.74, 6) is -0.357. The van der Waals surface area contributed by atoms with E-state index in [1.807, 2.05) is 50.4 Å². The molecule has 2 amide bonds. The highest BCUT2D eigenvalue weighted by molar-refractivity contribution is 7.99. The predicted molar refractivity (Wildman–Crippen MR) is 191 cm³/mol. The first-order chi connectivity index (χ1) is 22.9. The highest BCUT2D eigenvalue weighted by Crippen LogP contribution is 2.36. The van der Waals surface area contributed by atoms with Crippen LogP contribution < -0.4 is 10.6 Å². The van der Waals surface area contributed by atoms with Crippen LogP contribution in [-0.2, 0) is 33.7 Å². The van der Waals surface area contributed by atoms with Crippen molar-refractivity contribution in [2.45, 2.75) is 88.4 Å². The van der Waals surface area contributed by atoms with Gasteiger partial charge in [0.2, 0.25) is 11.8 Å². The van der Waals surface area contributed by atoms with Crippen molar-refractivity contribution < 1.29 is 29.6 Å². The third-order valence-electron chi connectivity index (χ3n) is 8.88. The molecule has 1 aliphatic heterocycles. The summed E-state index contributed by atoms with van der Waals surface area (Å²) in [7, 11) is 2.02. The van der Waals surface area contributed by atoms with Gasteiger partial charge in [0.05, 0.1) is 0 Å². The average Bonchev–Trinajstić information content (AvgIpc) is 3.06. The Morgan fingerprint density at radius 2 is 1.60 bits per heavy atom. The van der Waals surface area contributed by atoms with Crippen LogP contribution in [0.3, 0.4) is 0 Å². The van der Waals surface area contributed by atoms with Gasteiger partial charge in [-0.15, -0.1) is 11.8 Å². The molecular formula is C38H51N3O6S. The molecular weight excluding hydrogens is 627 g/mol. The summed E-state index contributed by atoms with van der Waals surface area (Å²) in [5.41, 5.74) is 4.78. The standard InChI is InChI=1S/C38H51N3O6S/c1-25-14-19-29(35-33(44)32(43)34(45)36(47-35)48-5)23-30(25)22-27-17-15-26(16-18-27)12-9-13-31(42)40-38(2,3)37(46)39-20-21-41(4)24-28-10-7-6-8-11-28/h6-8,10-11,14-19,23,32-36,43-45H,9,12-13,20-22,24H2,1-5H3,(H,39,46)(H,40,42)/t32-,33-,34+,35+,36-/m1/s1. The van der Waals surface area contributed by atoms with Crippen LogP contribution in [-0.4, -0.2) is 87.7 Å². The fraction of sp³-hybridized carbons (Fsp3) is 0.474. The molecule has 48 heavy (non-hydrogen) atoms. The van der Waals surface area contributed by atoms with Crippen molar-refractivity contribution in [1.82, 2.24) is 15.5 Å². The molecule has 3 aromatic carbocycles. The van der Waals surface area contributed by atoms with E-state index in [0.29, 0.717) is 32.4 Å². The third kappa shape index (κ3) is 10.4. The van der Waals surface area contributed by atoms with Gasteiger partial charge in [0.15, 0.2) is 0 Å². The van der Waals surface area contributed by atoms with Crippen molar-refractivity contribution in [2.75, 3.05) is 26.4 Å². The van der Waals surface area contributed by atoms with E-state index in [2.05, 4.69) is 51.9 Å². The molecule has 1 saturated heterocycles. The molecule has 0 saturated carbocycles. The number of hydrogen-bond acceptors (Lipinski definition) is 8. The first-order valence-electron chi connectivity index (χ1n) is 16.6. The van der Waals surface area contributed by atoms with E-state index >= 15 is 0 Å². The number of carbonyl (C=O) groups is 2. The number of benzene rings is 3. The van der Waals surface area contributed by atoms with Gasteiger partial charge in [-0.2, -0.15) is 0 Å².